The van der Waals surface area contributed by atoms with Crippen LogP contribution in [0.4, 0.5) is 5.69 Å². The molecule has 0 bridgehead atoms. The van der Waals surface area contributed by atoms with Gasteiger partial charge in [0.05, 0.1) is 6.21 Å². The number of benzene rings is 2. The van der Waals surface area contributed by atoms with Crippen molar-refractivity contribution in [1.29, 1.82) is 0 Å². The predicted molar refractivity (Wildman–Crippen MR) is 84.8 cm³/mol. The zero-order valence-electron chi connectivity index (χ0n) is 10.0. The third-order valence-corrected chi connectivity index (χ3v) is 2.69. The zero-order chi connectivity index (χ0) is 13.5. The summed E-state index contributed by atoms with van der Waals surface area (Å²) in [6.07, 6.45) is 1.66. The highest BCUT2D eigenvalue weighted by molar-refractivity contribution is 7.80. The highest BCUT2D eigenvalue weighted by atomic mass is 35.5. The fourth-order valence-electron chi connectivity index (χ4n) is 1.43. The summed E-state index contributed by atoms with van der Waals surface area (Å²) in [5.41, 5.74) is 4.57. The first kappa shape index (κ1) is 13.5. The summed E-state index contributed by atoms with van der Waals surface area (Å²) in [6.45, 7) is 0. The Kier molecular flexibility index (Phi) is 4.89. The van der Waals surface area contributed by atoms with Gasteiger partial charge in [-0.15, -0.1) is 0 Å². The molecule has 0 aliphatic rings. The van der Waals surface area contributed by atoms with Gasteiger partial charge in [0.2, 0.25) is 0 Å². The summed E-state index contributed by atoms with van der Waals surface area (Å²) in [5.74, 6) is 0. The number of hydrogen-bond acceptors (Lipinski definition) is 2. The number of thiocarbonyl (C=S) groups is 1. The van der Waals surface area contributed by atoms with E-state index in [1.807, 2.05) is 54.6 Å². The molecule has 19 heavy (non-hydrogen) atoms. The molecule has 0 spiro atoms. The van der Waals surface area contributed by atoms with Crippen LogP contribution in [0, 0.1) is 0 Å². The van der Waals surface area contributed by atoms with E-state index in [0.717, 1.165) is 11.3 Å². The highest BCUT2D eigenvalue weighted by Gasteiger charge is 1.94. The van der Waals surface area contributed by atoms with E-state index in [4.69, 9.17) is 23.8 Å². The van der Waals surface area contributed by atoms with Crippen LogP contribution < -0.4 is 10.7 Å². The van der Waals surface area contributed by atoms with Crippen molar-refractivity contribution >= 4 is 40.8 Å². The summed E-state index contributed by atoms with van der Waals surface area (Å²) < 4.78 is 0. The van der Waals surface area contributed by atoms with Crippen LogP contribution in [0.2, 0.25) is 5.02 Å². The lowest BCUT2D eigenvalue weighted by atomic mass is 10.2. The molecule has 0 heterocycles. The molecule has 0 unspecified atom stereocenters. The third-order valence-electron chi connectivity index (χ3n) is 2.26. The Morgan fingerprint density at radius 3 is 2.63 bits per heavy atom. The molecule has 0 saturated carbocycles. The van der Waals surface area contributed by atoms with Gasteiger partial charge in [-0.05, 0) is 42.0 Å². The van der Waals surface area contributed by atoms with Gasteiger partial charge in [-0.1, -0.05) is 41.9 Å². The number of para-hydroxylation sites is 1. The second-order valence-corrected chi connectivity index (χ2v) is 4.59. The van der Waals surface area contributed by atoms with Crippen LogP contribution in [0.3, 0.4) is 0 Å². The molecule has 0 atom stereocenters. The van der Waals surface area contributed by atoms with Gasteiger partial charge in [-0.3, -0.25) is 5.43 Å². The average molecular weight is 290 g/mol. The zero-order valence-corrected chi connectivity index (χ0v) is 11.6. The Morgan fingerprint density at radius 1 is 1.11 bits per heavy atom. The Balaban J connectivity index is 1.87. The molecule has 2 aromatic rings. The predicted octanol–water partition coefficient (Wildman–Crippen LogP) is 3.66. The monoisotopic (exact) mass is 289 g/mol. The second kappa shape index (κ2) is 6.87. The van der Waals surface area contributed by atoms with Crippen molar-refractivity contribution in [3.05, 3.63) is 65.2 Å². The summed E-state index contributed by atoms with van der Waals surface area (Å²) in [6, 6.07) is 17.1. The van der Waals surface area contributed by atoms with E-state index >= 15 is 0 Å². The SMILES string of the molecule is S=C(NN=Cc1cccc(Cl)c1)Nc1ccccc1. The fourth-order valence-corrected chi connectivity index (χ4v) is 1.80. The lowest BCUT2D eigenvalue weighted by molar-refractivity contribution is 1.05. The molecule has 0 saturated heterocycles. The van der Waals surface area contributed by atoms with E-state index < -0.39 is 0 Å². The molecule has 0 amide bonds. The minimum absolute atomic E-state index is 0.435. The van der Waals surface area contributed by atoms with Gasteiger partial charge in [-0.2, -0.15) is 5.10 Å². The van der Waals surface area contributed by atoms with Crippen LogP contribution in [-0.2, 0) is 0 Å². The van der Waals surface area contributed by atoms with Crippen LogP contribution in [0.25, 0.3) is 0 Å². The second-order valence-electron chi connectivity index (χ2n) is 3.75. The van der Waals surface area contributed by atoms with E-state index in [1.54, 1.807) is 6.21 Å². The highest BCUT2D eigenvalue weighted by Crippen LogP contribution is 2.08. The van der Waals surface area contributed by atoms with E-state index in [1.165, 1.54) is 0 Å². The molecule has 0 aromatic heterocycles. The number of hydrogen-bond donors (Lipinski definition) is 2. The Morgan fingerprint density at radius 2 is 1.89 bits per heavy atom. The number of nitrogens with zero attached hydrogens (tertiary/aromatic N) is 1. The lowest BCUT2D eigenvalue weighted by Crippen LogP contribution is -2.23. The van der Waals surface area contributed by atoms with Crippen LogP contribution >= 0.6 is 23.8 Å². The normalized spacial score (nSPS) is 10.4. The van der Waals surface area contributed by atoms with Crippen LogP contribution in [0.1, 0.15) is 5.56 Å². The van der Waals surface area contributed by atoms with Crippen LogP contribution in [0.5, 0.6) is 0 Å². The average Bonchev–Trinajstić information content (AvgIpc) is 2.40. The topological polar surface area (TPSA) is 36.4 Å². The number of rotatable bonds is 3. The van der Waals surface area contributed by atoms with Crippen LogP contribution in [-0.4, -0.2) is 11.3 Å². The number of nitrogens with one attached hydrogen (secondary N) is 2. The van der Waals surface area contributed by atoms with Gasteiger partial charge in [0, 0.05) is 10.7 Å². The van der Waals surface area contributed by atoms with E-state index in [2.05, 4.69) is 15.8 Å². The third kappa shape index (κ3) is 4.69. The Bertz CT molecular complexity index is 584. The molecular weight excluding hydrogens is 278 g/mol. The lowest BCUT2D eigenvalue weighted by Gasteiger charge is -2.06. The molecule has 0 fully saturated rings. The van der Waals surface area contributed by atoms with Gasteiger partial charge in [-0.25, -0.2) is 0 Å². The van der Waals surface area contributed by atoms with Crippen molar-refractivity contribution in [2.75, 3.05) is 5.32 Å². The molecule has 0 aliphatic heterocycles. The van der Waals surface area contributed by atoms with Crippen molar-refractivity contribution in [2.45, 2.75) is 0 Å². The van der Waals surface area contributed by atoms with Crippen molar-refractivity contribution < 1.29 is 0 Å². The summed E-state index contributed by atoms with van der Waals surface area (Å²) in [7, 11) is 0. The van der Waals surface area contributed by atoms with Crippen molar-refractivity contribution in [3.8, 4) is 0 Å². The molecule has 2 N–H and O–H groups in total. The summed E-state index contributed by atoms with van der Waals surface area (Å²) in [5, 5.41) is 8.17. The molecule has 2 rings (SSSR count). The van der Waals surface area contributed by atoms with E-state index in [0.29, 0.717) is 10.1 Å². The minimum atomic E-state index is 0.435. The maximum Gasteiger partial charge on any atom is 0.191 e. The Hall–Kier alpha value is -1.91. The van der Waals surface area contributed by atoms with E-state index in [-0.39, 0.29) is 0 Å². The number of anilines is 1. The summed E-state index contributed by atoms with van der Waals surface area (Å²) in [4.78, 5) is 0. The largest absolute Gasteiger partial charge is 0.331 e. The van der Waals surface area contributed by atoms with Crippen molar-refractivity contribution in [3.63, 3.8) is 0 Å². The fraction of sp³-hybridized carbons (Fsp3) is 0. The van der Waals surface area contributed by atoms with Crippen molar-refractivity contribution in [2.24, 2.45) is 5.10 Å². The quantitative estimate of drug-likeness (QED) is 0.514. The molecule has 96 valence electrons. The van der Waals surface area contributed by atoms with Crippen LogP contribution in [0.15, 0.2) is 59.7 Å². The molecule has 3 nitrogen and oxygen atoms in total. The molecule has 0 aliphatic carbocycles. The maximum absolute atomic E-state index is 5.87. The first-order valence-corrected chi connectivity index (χ1v) is 6.43. The molecule has 5 heteroatoms. The molecule has 0 radical (unpaired) electrons. The molecular formula is C14H12ClN3S. The van der Waals surface area contributed by atoms with E-state index in [9.17, 15) is 0 Å². The van der Waals surface area contributed by atoms with Gasteiger partial charge in [0.1, 0.15) is 0 Å². The number of hydrazone groups is 1. The van der Waals surface area contributed by atoms with Gasteiger partial charge >= 0.3 is 0 Å². The maximum atomic E-state index is 5.87. The standard InChI is InChI=1S/C14H12ClN3S/c15-12-6-4-5-11(9-12)10-16-18-14(19)17-13-7-2-1-3-8-13/h1-10H,(H2,17,18,19). The Labute approximate surface area is 122 Å². The summed E-state index contributed by atoms with van der Waals surface area (Å²) >= 11 is 11.0. The minimum Gasteiger partial charge on any atom is -0.331 e. The first-order chi connectivity index (χ1) is 9.24. The van der Waals surface area contributed by atoms with Gasteiger partial charge < -0.3 is 5.32 Å². The number of halogens is 1. The van der Waals surface area contributed by atoms with Gasteiger partial charge in [0.25, 0.3) is 0 Å². The molecule has 2 aromatic carbocycles. The van der Waals surface area contributed by atoms with Gasteiger partial charge in [0.15, 0.2) is 5.11 Å². The van der Waals surface area contributed by atoms with Crippen molar-refractivity contribution in [1.82, 2.24) is 5.43 Å². The first-order valence-electron chi connectivity index (χ1n) is 5.65. The smallest absolute Gasteiger partial charge is 0.191 e.